The molecule has 2 aromatic carbocycles. The quantitative estimate of drug-likeness (QED) is 0.798. The molecule has 2 rings (SSSR count). The minimum atomic E-state index is -0.509. The van der Waals surface area contributed by atoms with Gasteiger partial charge in [-0.25, -0.2) is 0 Å². The predicted octanol–water partition coefficient (Wildman–Crippen LogP) is 4.12. The molecule has 1 amide bonds. The molecule has 4 nitrogen and oxygen atoms in total. The van der Waals surface area contributed by atoms with Crippen LogP contribution >= 0.6 is 11.6 Å². The molecular weight excluding hydrogens is 350 g/mol. The van der Waals surface area contributed by atoms with Crippen LogP contribution in [0.2, 0.25) is 5.02 Å². The summed E-state index contributed by atoms with van der Waals surface area (Å²) in [5.41, 5.74) is 2.71. The normalized spacial score (nSPS) is 12.5. The molecule has 0 bridgehead atoms. The average molecular weight is 376 g/mol. The fourth-order valence-electron chi connectivity index (χ4n) is 2.39. The van der Waals surface area contributed by atoms with Gasteiger partial charge in [-0.1, -0.05) is 50.6 Å². The van der Waals surface area contributed by atoms with Gasteiger partial charge in [0.1, 0.15) is 12.4 Å². The maximum atomic E-state index is 12.4. The molecule has 1 atom stereocenters. The average Bonchev–Trinajstić information content (AvgIpc) is 2.60. The van der Waals surface area contributed by atoms with Crippen LogP contribution in [-0.4, -0.2) is 30.3 Å². The van der Waals surface area contributed by atoms with Crippen molar-refractivity contribution in [2.24, 2.45) is 0 Å². The van der Waals surface area contributed by atoms with Gasteiger partial charge in [-0.15, -0.1) is 0 Å². The van der Waals surface area contributed by atoms with Gasteiger partial charge in [0.2, 0.25) is 0 Å². The van der Waals surface area contributed by atoms with Crippen molar-refractivity contribution in [1.29, 1.82) is 0 Å². The van der Waals surface area contributed by atoms with Crippen molar-refractivity contribution in [3.8, 4) is 5.75 Å². The maximum absolute atomic E-state index is 12.4. The molecule has 140 valence electrons. The van der Waals surface area contributed by atoms with Gasteiger partial charge in [0.15, 0.2) is 0 Å². The Hall–Kier alpha value is -2.04. The number of aliphatic hydroxyl groups excluding tert-OH is 1. The van der Waals surface area contributed by atoms with Crippen LogP contribution in [0.15, 0.2) is 42.5 Å². The van der Waals surface area contributed by atoms with Crippen molar-refractivity contribution in [3.63, 3.8) is 0 Å². The predicted molar refractivity (Wildman–Crippen MR) is 105 cm³/mol. The number of ether oxygens (including phenoxy) is 1. The fourth-order valence-corrected chi connectivity index (χ4v) is 2.56. The first-order chi connectivity index (χ1) is 12.2. The molecule has 0 spiro atoms. The molecule has 0 heterocycles. The lowest BCUT2D eigenvalue weighted by atomic mass is 9.86. The zero-order chi connectivity index (χ0) is 19.3. The van der Waals surface area contributed by atoms with Crippen LogP contribution in [0, 0.1) is 6.92 Å². The second-order valence-corrected chi connectivity index (χ2v) is 7.81. The molecule has 0 aliphatic rings. The summed E-state index contributed by atoms with van der Waals surface area (Å²) in [7, 11) is 0. The van der Waals surface area contributed by atoms with E-state index in [4.69, 9.17) is 16.3 Å². The molecule has 0 saturated carbocycles. The number of halogens is 1. The number of aliphatic hydroxyl groups is 1. The lowest BCUT2D eigenvalue weighted by Crippen LogP contribution is -2.41. The van der Waals surface area contributed by atoms with E-state index in [2.05, 4.69) is 26.1 Å². The highest BCUT2D eigenvalue weighted by Crippen LogP contribution is 2.23. The third-order valence-corrected chi connectivity index (χ3v) is 4.57. The number of nitrogens with one attached hydrogen (secondary N) is 1. The van der Waals surface area contributed by atoms with Crippen LogP contribution < -0.4 is 10.1 Å². The Morgan fingerprint density at radius 2 is 1.85 bits per heavy atom. The summed E-state index contributed by atoms with van der Waals surface area (Å²) in [4.78, 5) is 12.4. The molecule has 0 radical (unpaired) electrons. The SMILES string of the molecule is Cc1ccc(OCC(CO)NC(=O)c2ccc(C(C)(C)C)cc2)cc1Cl. The summed E-state index contributed by atoms with van der Waals surface area (Å²) in [6.07, 6.45) is 0. The van der Waals surface area contributed by atoms with Gasteiger partial charge in [0.05, 0.1) is 12.6 Å². The zero-order valence-corrected chi connectivity index (χ0v) is 16.4. The van der Waals surface area contributed by atoms with Crippen molar-refractivity contribution in [2.75, 3.05) is 13.2 Å². The first kappa shape index (κ1) is 20.3. The van der Waals surface area contributed by atoms with Crippen LogP contribution in [0.25, 0.3) is 0 Å². The van der Waals surface area contributed by atoms with Crippen molar-refractivity contribution in [3.05, 3.63) is 64.2 Å². The van der Waals surface area contributed by atoms with Gasteiger partial charge in [0.25, 0.3) is 5.91 Å². The smallest absolute Gasteiger partial charge is 0.251 e. The van der Waals surface area contributed by atoms with Crippen LogP contribution in [0.5, 0.6) is 5.75 Å². The summed E-state index contributed by atoms with van der Waals surface area (Å²) in [6.45, 7) is 8.22. The van der Waals surface area contributed by atoms with E-state index in [1.807, 2.05) is 31.2 Å². The third kappa shape index (κ3) is 5.48. The van der Waals surface area contributed by atoms with E-state index in [1.54, 1.807) is 18.2 Å². The Morgan fingerprint density at radius 1 is 1.19 bits per heavy atom. The topological polar surface area (TPSA) is 58.6 Å². The summed E-state index contributed by atoms with van der Waals surface area (Å²) in [5, 5.41) is 12.9. The number of hydrogen-bond donors (Lipinski definition) is 2. The molecule has 0 aliphatic carbocycles. The second-order valence-electron chi connectivity index (χ2n) is 7.40. The first-order valence-electron chi connectivity index (χ1n) is 8.62. The Morgan fingerprint density at radius 3 is 2.38 bits per heavy atom. The van der Waals surface area contributed by atoms with Crippen molar-refractivity contribution < 1.29 is 14.6 Å². The molecule has 5 heteroatoms. The maximum Gasteiger partial charge on any atom is 0.251 e. The van der Waals surface area contributed by atoms with E-state index in [0.717, 1.165) is 11.1 Å². The first-order valence-corrected chi connectivity index (χ1v) is 8.99. The minimum Gasteiger partial charge on any atom is -0.491 e. The molecule has 0 aromatic heterocycles. The highest BCUT2D eigenvalue weighted by Gasteiger charge is 2.17. The molecule has 2 aromatic rings. The van der Waals surface area contributed by atoms with Gasteiger partial charge in [-0.2, -0.15) is 0 Å². The van der Waals surface area contributed by atoms with E-state index in [1.165, 1.54) is 0 Å². The molecule has 0 fully saturated rings. The van der Waals surface area contributed by atoms with Crippen LogP contribution in [-0.2, 0) is 5.41 Å². The molecule has 1 unspecified atom stereocenters. The van der Waals surface area contributed by atoms with E-state index >= 15 is 0 Å². The summed E-state index contributed by atoms with van der Waals surface area (Å²) < 4.78 is 5.64. The number of carbonyl (C=O) groups is 1. The Labute approximate surface area is 160 Å². The number of hydrogen-bond acceptors (Lipinski definition) is 3. The van der Waals surface area contributed by atoms with E-state index in [-0.39, 0.29) is 24.5 Å². The van der Waals surface area contributed by atoms with Crippen molar-refractivity contribution >= 4 is 17.5 Å². The van der Waals surface area contributed by atoms with E-state index in [0.29, 0.717) is 16.3 Å². The third-order valence-electron chi connectivity index (χ3n) is 4.16. The second kappa shape index (κ2) is 8.56. The number of amides is 1. The summed E-state index contributed by atoms with van der Waals surface area (Å²) >= 11 is 6.07. The number of carbonyl (C=O) groups excluding carboxylic acids is 1. The molecule has 2 N–H and O–H groups in total. The monoisotopic (exact) mass is 375 g/mol. The zero-order valence-electron chi connectivity index (χ0n) is 15.7. The highest BCUT2D eigenvalue weighted by atomic mass is 35.5. The molecule has 26 heavy (non-hydrogen) atoms. The summed E-state index contributed by atoms with van der Waals surface area (Å²) in [5.74, 6) is 0.359. The summed E-state index contributed by atoms with van der Waals surface area (Å²) in [6, 6.07) is 12.4. The highest BCUT2D eigenvalue weighted by molar-refractivity contribution is 6.31. The Bertz CT molecular complexity index is 751. The number of rotatable bonds is 6. The molecular formula is C21H26ClNO3. The molecule has 0 aliphatic heterocycles. The lowest BCUT2D eigenvalue weighted by Gasteiger charge is -2.20. The van der Waals surface area contributed by atoms with Crippen LogP contribution in [0.4, 0.5) is 0 Å². The molecule has 0 saturated heterocycles. The van der Waals surface area contributed by atoms with Gasteiger partial charge < -0.3 is 15.2 Å². The fraction of sp³-hybridized carbons (Fsp3) is 0.381. The van der Waals surface area contributed by atoms with E-state index in [9.17, 15) is 9.90 Å². The number of benzene rings is 2. The standard InChI is InChI=1S/C21H26ClNO3/c1-14-5-10-18(11-19(14)22)26-13-17(12-24)23-20(25)15-6-8-16(9-7-15)21(2,3)4/h5-11,17,24H,12-13H2,1-4H3,(H,23,25). The van der Waals surface area contributed by atoms with Crippen molar-refractivity contribution in [1.82, 2.24) is 5.32 Å². The van der Waals surface area contributed by atoms with Gasteiger partial charge in [-0.3, -0.25) is 4.79 Å². The Balaban J connectivity index is 1.96. The number of aryl methyl sites for hydroxylation is 1. The van der Waals surface area contributed by atoms with Gasteiger partial charge in [-0.05, 0) is 47.7 Å². The van der Waals surface area contributed by atoms with Crippen molar-refractivity contribution in [2.45, 2.75) is 39.2 Å². The minimum absolute atomic E-state index is 0.0335. The van der Waals surface area contributed by atoms with Gasteiger partial charge in [0, 0.05) is 10.6 Å². The largest absolute Gasteiger partial charge is 0.491 e. The lowest BCUT2D eigenvalue weighted by molar-refractivity contribution is 0.0889. The van der Waals surface area contributed by atoms with Crippen LogP contribution in [0.3, 0.4) is 0 Å². The van der Waals surface area contributed by atoms with E-state index < -0.39 is 6.04 Å². The Kier molecular flexibility index (Phi) is 6.68. The van der Waals surface area contributed by atoms with Gasteiger partial charge >= 0.3 is 0 Å². The van der Waals surface area contributed by atoms with Crippen LogP contribution in [0.1, 0.15) is 42.3 Å².